The molecule has 17 heavy (non-hydrogen) atoms. The van der Waals surface area contributed by atoms with Crippen molar-refractivity contribution in [3.8, 4) is 0 Å². The summed E-state index contributed by atoms with van der Waals surface area (Å²) >= 11 is 0. The van der Waals surface area contributed by atoms with Crippen LogP contribution in [0.15, 0.2) is 0 Å². The van der Waals surface area contributed by atoms with Gasteiger partial charge in [0.15, 0.2) is 5.78 Å². The van der Waals surface area contributed by atoms with E-state index < -0.39 is 6.10 Å². The smallest absolute Gasteiger partial charge is 0.164 e. The first-order valence-electron chi connectivity index (χ1n) is 7.20. The Labute approximate surface area is 106 Å². The summed E-state index contributed by atoms with van der Waals surface area (Å²) < 4.78 is 0. The quantitative estimate of drug-likeness (QED) is 0.799. The Hall–Kier alpha value is -0.370. The van der Waals surface area contributed by atoms with Crippen molar-refractivity contribution in [2.24, 2.45) is 23.7 Å². The van der Waals surface area contributed by atoms with Crippen molar-refractivity contribution >= 4 is 5.78 Å². The molecule has 0 amide bonds. The van der Waals surface area contributed by atoms with Gasteiger partial charge in [-0.2, -0.15) is 0 Å². The molecule has 1 rings (SSSR count). The lowest BCUT2D eigenvalue weighted by Gasteiger charge is -2.36. The van der Waals surface area contributed by atoms with Crippen LogP contribution in [0, 0.1) is 23.7 Å². The summed E-state index contributed by atoms with van der Waals surface area (Å²) in [5.41, 5.74) is 0. The van der Waals surface area contributed by atoms with Gasteiger partial charge >= 0.3 is 0 Å². The van der Waals surface area contributed by atoms with Crippen LogP contribution in [0.5, 0.6) is 0 Å². The topological polar surface area (TPSA) is 37.3 Å². The van der Waals surface area contributed by atoms with Gasteiger partial charge in [0, 0.05) is 5.92 Å². The number of ketones is 1. The molecule has 100 valence electrons. The van der Waals surface area contributed by atoms with Gasteiger partial charge in [-0.15, -0.1) is 0 Å². The fourth-order valence-corrected chi connectivity index (χ4v) is 3.04. The predicted octanol–water partition coefficient (Wildman–Crippen LogP) is 3.42. The predicted molar refractivity (Wildman–Crippen MR) is 70.8 cm³/mol. The van der Waals surface area contributed by atoms with Crippen LogP contribution in [0.3, 0.4) is 0 Å². The molecule has 0 aromatic heterocycles. The van der Waals surface area contributed by atoms with Crippen LogP contribution in [-0.4, -0.2) is 17.0 Å². The van der Waals surface area contributed by atoms with E-state index in [4.69, 9.17) is 0 Å². The zero-order valence-corrected chi connectivity index (χ0v) is 11.8. The second-order valence-electron chi connectivity index (χ2n) is 6.03. The average Bonchev–Trinajstić information content (AvgIpc) is 2.35. The molecular formula is C15H28O2. The van der Waals surface area contributed by atoms with Crippen LogP contribution in [0.1, 0.15) is 59.8 Å². The lowest BCUT2D eigenvalue weighted by molar-refractivity contribution is -0.137. The first-order valence-corrected chi connectivity index (χ1v) is 7.20. The monoisotopic (exact) mass is 240 g/mol. The largest absolute Gasteiger partial charge is 0.385 e. The molecule has 1 aliphatic rings. The number of aliphatic hydroxyl groups is 1. The van der Waals surface area contributed by atoms with E-state index in [2.05, 4.69) is 13.8 Å². The molecule has 1 aliphatic carbocycles. The van der Waals surface area contributed by atoms with Gasteiger partial charge in [-0.1, -0.05) is 47.0 Å². The van der Waals surface area contributed by atoms with E-state index in [0.29, 0.717) is 11.8 Å². The molecule has 2 heteroatoms. The molecule has 1 saturated carbocycles. The van der Waals surface area contributed by atoms with Crippen molar-refractivity contribution in [2.45, 2.75) is 65.9 Å². The molecule has 4 unspecified atom stereocenters. The summed E-state index contributed by atoms with van der Waals surface area (Å²) in [5, 5.41) is 9.97. The molecule has 0 heterocycles. The average molecular weight is 240 g/mol. The van der Waals surface area contributed by atoms with Crippen molar-refractivity contribution in [2.75, 3.05) is 0 Å². The first kappa shape index (κ1) is 14.7. The van der Waals surface area contributed by atoms with E-state index in [1.807, 2.05) is 13.8 Å². The number of hydrogen-bond acceptors (Lipinski definition) is 2. The van der Waals surface area contributed by atoms with Gasteiger partial charge in [0.2, 0.25) is 0 Å². The Morgan fingerprint density at radius 2 is 1.82 bits per heavy atom. The van der Waals surface area contributed by atoms with Crippen LogP contribution in [0.2, 0.25) is 0 Å². The van der Waals surface area contributed by atoms with Gasteiger partial charge in [-0.25, -0.2) is 0 Å². The molecular weight excluding hydrogens is 212 g/mol. The van der Waals surface area contributed by atoms with E-state index >= 15 is 0 Å². The van der Waals surface area contributed by atoms with Crippen LogP contribution in [0.4, 0.5) is 0 Å². The number of Topliss-reactive ketones (excluding diaryl/α,β-unsaturated/α-hetero) is 1. The lowest BCUT2D eigenvalue weighted by Crippen LogP contribution is -2.39. The van der Waals surface area contributed by atoms with E-state index in [-0.39, 0.29) is 17.6 Å². The summed E-state index contributed by atoms with van der Waals surface area (Å²) in [6.45, 7) is 8.28. The number of hydrogen-bond donors (Lipinski definition) is 1. The standard InChI is InChI=1S/C15H28O2/c1-5-11(4)12-8-6-7-9-13(12)15(17)14(16)10(2)3/h10-14,16H,5-9H2,1-4H3. The minimum atomic E-state index is -0.760. The van der Waals surface area contributed by atoms with Crippen LogP contribution in [-0.2, 0) is 4.79 Å². The Kier molecular flexibility index (Phi) is 5.64. The fourth-order valence-electron chi connectivity index (χ4n) is 3.04. The Morgan fingerprint density at radius 1 is 1.24 bits per heavy atom. The van der Waals surface area contributed by atoms with E-state index in [1.165, 1.54) is 6.42 Å². The molecule has 0 aromatic rings. The number of aliphatic hydroxyl groups excluding tert-OH is 1. The maximum absolute atomic E-state index is 12.3. The first-order chi connectivity index (χ1) is 7.99. The van der Waals surface area contributed by atoms with E-state index in [9.17, 15) is 9.90 Å². The number of rotatable bonds is 5. The normalized spacial score (nSPS) is 29.1. The highest BCUT2D eigenvalue weighted by Gasteiger charge is 2.36. The minimum absolute atomic E-state index is 0.0435. The number of carbonyl (C=O) groups is 1. The zero-order valence-electron chi connectivity index (χ0n) is 11.8. The molecule has 0 bridgehead atoms. The van der Waals surface area contributed by atoms with Gasteiger partial charge in [-0.3, -0.25) is 4.79 Å². The molecule has 0 saturated heterocycles. The van der Waals surface area contributed by atoms with Crippen LogP contribution >= 0.6 is 0 Å². The molecule has 1 fully saturated rings. The molecule has 0 radical (unpaired) electrons. The fraction of sp³-hybridized carbons (Fsp3) is 0.933. The van der Waals surface area contributed by atoms with Crippen molar-refractivity contribution in [3.63, 3.8) is 0 Å². The molecule has 0 aromatic carbocycles. The second kappa shape index (κ2) is 6.53. The highest BCUT2D eigenvalue weighted by molar-refractivity contribution is 5.85. The van der Waals surface area contributed by atoms with Crippen LogP contribution < -0.4 is 0 Å². The Bertz CT molecular complexity index is 247. The van der Waals surface area contributed by atoms with Crippen molar-refractivity contribution < 1.29 is 9.90 Å². The summed E-state index contributed by atoms with van der Waals surface area (Å²) in [6.07, 6.45) is 4.91. The van der Waals surface area contributed by atoms with Crippen LogP contribution in [0.25, 0.3) is 0 Å². The minimum Gasteiger partial charge on any atom is -0.385 e. The molecule has 0 aliphatic heterocycles. The highest BCUT2D eigenvalue weighted by Crippen LogP contribution is 2.38. The van der Waals surface area contributed by atoms with Gasteiger partial charge in [0.05, 0.1) is 0 Å². The lowest BCUT2D eigenvalue weighted by atomic mass is 9.69. The summed E-state index contributed by atoms with van der Waals surface area (Å²) in [4.78, 5) is 12.3. The second-order valence-corrected chi connectivity index (χ2v) is 6.03. The van der Waals surface area contributed by atoms with Gasteiger partial charge in [0.1, 0.15) is 6.10 Å². The maximum atomic E-state index is 12.3. The van der Waals surface area contributed by atoms with Gasteiger partial charge in [-0.05, 0) is 30.6 Å². The summed E-state index contributed by atoms with van der Waals surface area (Å²) in [6, 6.07) is 0. The third-order valence-electron chi connectivity index (χ3n) is 4.48. The van der Waals surface area contributed by atoms with Crippen molar-refractivity contribution in [1.29, 1.82) is 0 Å². The highest BCUT2D eigenvalue weighted by atomic mass is 16.3. The summed E-state index contributed by atoms with van der Waals surface area (Å²) in [7, 11) is 0. The molecule has 4 atom stereocenters. The van der Waals surface area contributed by atoms with Gasteiger partial charge < -0.3 is 5.11 Å². The SMILES string of the molecule is CCC(C)C1CCCCC1C(=O)C(O)C(C)C. The molecule has 2 nitrogen and oxygen atoms in total. The third kappa shape index (κ3) is 3.54. The third-order valence-corrected chi connectivity index (χ3v) is 4.48. The van der Waals surface area contributed by atoms with Crippen molar-refractivity contribution in [1.82, 2.24) is 0 Å². The molecule has 1 N–H and O–H groups in total. The van der Waals surface area contributed by atoms with Crippen molar-refractivity contribution in [3.05, 3.63) is 0 Å². The maximum Gasteiger partial charge on any atom is 0.164 e. The Balaban J connectivity index is 2.74. The Morgan fingerprint density at radius 3 is 2.35 bits per heavy atom. The zero-order chi connectivity index (χ0) is 13.0. The van der Waals surface area contributed by atoms with E-state index in [1.54, 1.807) is 0 Å². The number of carbonyl (C=O) groups excluding carboxylic acids is 1. The summed E-state index contributed by atoms with van der Waals surface area (Å²) in [5.74, 6) is 1.35. The van der Waals surface area contributed by atoms with E-state index in [0.717, 1.165) is 25.7 Å². The van der Waals surface area contributed by atoms with Gasteiger partial charge in [0.25, 0.3) is 0 Å². The molecule has 0 spiro atoms.